The summed E-state index contributed by atoms with van der Waals surface area (Å²) in [4.78, 5) is 16.6. The number of hydrogen-bond acceptors (Lipinski definition) is 4. The predicted molar refractivity (Wildman–Crippen MR) is 107 cm³/mol. The molecule has 0 aromatic heterocycles. The highest BCUT2D eigenvalue weighted by Gasteiger charge is 2.17. The van der Waals surface area contributed by atoms with Gasteiger partial charge in [-0.2, -0.15) is 11.8 Å². The molecule has 1 saturated heterocycles. The van der Waals surface area contributed by atoms with E-state index in [1.54, 1.807) is 0 Å². The van der Waals surface area contributed by atoms with Gasteiger partial charge in [-0.05, 0) is 36.1 Å². The lowest BCUT2D eigenvalue weighted by Crippen LogP contribution is -2.45. The third-order valence-corrected chi connectivity index (χ3v) is 4.96. The van der Waals surface area contributed by atoms with E-state index in [4.69, 9.17) is 0 Å². The number of carbonyl (C=O) groups is 1. The second kappa shape index (κ2) is 8.92. The molecule has 25 heavy (non-hydrogen) atoms. The van der Waals surface area contributed by atoms with Gasteiger partial charge in [0, 0.05) is 44.1 Å². The summed E-state index contributed by atoms with van der Waals surface area (Å²) in [5.41, 5.74) is 3.47. The molecule has 0 aliphatic carbocycles. The first-order valence-electron chi connectivity index (χ1n) is 8.64. The van der Waals surface area contributed by atoms with E-state index in [1.165, 1.54) is 23.0 Å². The van der Waals surface area contributed by atoms with E-state index in [2.05, 4.69) is 57.6 Å². The second-order valence-electron chi connectivity index (χ2n) is 6.28. The van der Waals surface area contributed by atoms with E-state index in [9.17, 15) is 4.79 Å². The Hall–Kier alpha value is -1.98. The zero-order valence-corrected chi connectivity index (χ0v) is 15.5. The number of anilines is 2. The molecule has 1 amide bonds. The molecule has 0 atom stereocenters. The Bertz CT molecular complexity index is 667. The average Bonchev–Trinajstić information content (AvgIpc) is 2.64. The first-order valence-corrected chi connectivity index (χ1v) is 10.0. The van der Waals surface area contributed by atoms with Gasteiger partial charge in [0.05, 0.1) is 5.75 Å². The van der Waals surface area contributed by atoms with Crippen molar-refractivity contribution in [2.45, 2.75) is 6.54 Å². The van der Waals surface area contributed by atoms with Crippen LogP contribution in [0.4, 0.5) is 11.4 Å². The molecule has 1 aliphatic heterocycles. The number of nitrogens with zero attached hydrogens (tertiary/aromatic N) is 2. The molecule has 2 aromatic carbocycles. The summed E-state index contributed by atoms with van der Waals surface area (Å²) in [6.45, 7) is 5.23. The summed E-state index contributed by atoms with van der Waals surface area (Å²) >= 11 is 1.53. The maximum atomic E-state index is 11.6. The Balaban J connectivity index is 1.50. The third kappa shape index (κ3) is 5.25. The van der Waals surface area contributed by atoms with Crippen molar-refractivity contribution in [1.82, 2.24) is 4.90 Å². The SMILES string of the molecule is CSCC(=O)Nc1ccc(N2CCN(Cc3ccccc3)CC2)cc1. The normalized spacial score (nSPS) is 15.2. The molecule has 2 aromatic rings. The van der Waals surface area contributed by atoms with Gasteiger partial charge in [-0.3, -0.25) is 9.69 Å². The number of benzene rings is 2. The summed E-state index contributed by atoms with van der Waals surface area (Å²) in [6, 6.07) is 18.8. The van der Waals surface area contributed by atoms with Gasteiger partial charge in [0.1, 0.15) is 0 Å². The van der Waals surface area contributed by atoms with Crippen molar-refractivity contribution in [1.29, 1.82) is 0 Å². The molecule has 0 unspecified atom stereocenters. The van der Waals surface area contributed by atoms with E-state index in [1.807, 2.05) is 18.4 Å². The highest BCUT2D eigenvalue weighted by molar-refractivity contribution is 7.99. The molecule has 0 spiro atoms. The van der Waals surface area contributed by atoms with Crippen LogP contribution in [0.15, 0.2) is 54.6 Å². The number of rotatable bonds is 6. The Labute approximate surface area is 154 Å². The van der Waals surface area contributed by atoms with Crippen LogP contribution in [0.5, 0.6) is 0 Å². The van der Waals surface area contributed by atoms with Crippen molar-refractivity contribution in [3.8, 4) is 0 Å². The average molecular weight is 356 g/mol. The number of amides is 1. The predicted octanol–water partition coefficient (Wildman–Crippen LogP) is 3.31. The molecule has 1 fully saturated rings. The van der Waals surface area contributed by atoms with Crippen LogP contribution < -0.4 is 10.2 Å². The molecule has 3 rings (SSSR count). The van der Waals surface area contributed by atoms with Crippen LogP contribution in [-0.2, 0) is 11.3 Å². The van der Waals surface area contributed by atoms with Crippen molar-refractivity contribution in [2.24, 2.45) is 0 Å². The Morgan fingerprint density at radius 2 is 1.68 bits per heavy atom. The van der Waals surface area contributed by atoms with E-state index in [0.717, 1.165) is 38.4 Å². The zero-order valence-electron chi connectivity index (χ0n) is 14.6. The van der Waals surface area contributed by atoms with E-state index in [0.29, 0.717) is 5.75 Å². The summed E-state index contributed by atoms with van der Waals surface area (Å²) in [5, 5.41) is 2.92. The van der Waals surface area contributed by atoms with Crippen molar-refractivity contribution in [3.05, 3.63) is 60.2 Å². The van der Waals surface area contributed by atoms with Gasteiger partial charge < -0.3 is 10.2 Å². The molecule has 0 radical (unpaired) electrons. The Morgan fingerprint density at radius 1 is 1.00 bits per heavy atom. The molecule has 0 saturated carbocycles. The third-order valence-electron chi connectivity index (χ3n) is 4.41. The summed E-state index contributed by atoms with van der Waals surface area (Å²) in [7, 11) is 0. The topological polar surface area (TPSA) is 35.6 Å². The molecule has 0 bridgehead atoms. The van der Waals surface area contributed by atoms with Crippen molar-refractivity contribution < 1.29 is 4.79 Å². The van der Waals surface area contributed by atoms with Crippen molar-refractivity contribution in [2.75, 3.05) is 48.4 Å². The van der Waals surface area contributed by atoms with Crippen molar-refractivity contribution >= 4 is 29.0 Å². The Morgan fingerprint density at radius 3 is 2.32 bits per heavy atom. The molecule has 132 valence electrons. The highest BCUT2D eigenvalue weighted by atomic mass is 32.2. The lowest BCUT2D eigenvalue weighted by Gasteiger charge is -2.36. The van der Waals surface area contributed by atoms with Crippen LogP contribution in [0, 0.1) is 0 Å². The minimum Gasteiger partial charge on any atom is -0.369 e. The smallest absolute Gasteiger partial charge is 0.234 e. The zero-order chi connectivity index (χ0) is 17.5. The first-order chi connectivity index (χ1) is 12.2. The maximum absolute atomic E-state index is 11.6. The van der Waals surface area contributed by atoms with Crippen LogP contribution >= 0.6 is 11.8 Å². The maximum Gasteiger partial charge on any atom is 0.234 e. The van der Waals surface area contributed by atoms with Gasteiger partial charge >= 0.3 is 0 Å². The van der Waals surface area contributed by atoms with E-state index < -0.39 is 0 Å². The summed E-state index contributed by atoms with van der Waals surface area (Å²) < 4.78 is 0. The number of carbonyl (C=O) groups excluding carboxylic acids is 1. The van der Waals surface area contributed by atoms with Crippen LogP contribution in [0.25, 0.3) is 0 Å². The largest absolute Gasteiger partial charge is 0.369 e. The second-order valence-corrected chi connectivity index (χ2v) is 7.14. The quantitative estimate of drug-likeness (QED) is 0.862. The van der Waals surface area contributed by atoms with E-state index in [-0.39, 0.29) is 5.91 Å². The fourth-order valence-corrected chi connectivity index (χ4v) is 3.42. The molecule has 1 N–H and O–H groups in total. The van der Waals surface area contributed by atoms with Gasteiger partial charge in [-0.1, -0.05) is 30.3 Å². The minimum atomic E-state index is 0.0507. The first kappa shape index (κ1) is 17.8. The van der Waals surface area contributed by atoms with Crippen LogP contribution in [0.1, 0.15) is 5.56 Å². The minimum absolute atomic E-state index is 0.0507. The summed E-state index contributed by atoms with van der Waals surface area (Å²) in [6.07, 6.45) is 1.93. The number of thioether (sulfide) groups is 1. The molecule has 1 heterocycles. The number of piperazine rings is 1. The fourth-order valence-electron chi connectivity index (χ4n) is 3.09. The molecular formula is C20H25N3OS. The van der Waals surface area contributed by atoms with Crippen molar-refractivity contribution in [3.63, 3.8) is 0 Å². The van der Waals surface area contributed by atoms with Crippen LogP contribution in [0.2, 0.25) is 0 Å². The fraction of sp³-hybridized carbons (Fsp3) is 0.350. The highest BCUT2D eigenvalue weighted by Crippen LogP contribution is 2.20. The molecule has 1 aliphatic rings. The van der Waals surface area contributed by atoms with Gasteiger partial charge in [0.15, 0.2) is 0 Å². The lowest BCUT2D eigenvalue weighted by atomic mass is 10.2. The van der Waals surface area contributed by atoms with Gasteiger partial charge in [0.2, 0.25) is 5.91 Å². The number of nitrogens with one attached hydrogen (secondary N) is 1. The van der Waals surface area contributed by atoms with Gasteiger partial charge in [-0.15, -0.1) is 0 Å². The number of hydrogen-bond donors (Lipinski definition) is 1. The summed E-state index contributed by atoms with van der Waals surface area (Å²) in [5.74, 6) is 0.542. The van der Waals surface area contributed by atoms with E-state index >= 15 is 0 Å². The standard InChI is InChI=1S/C20H25N3OS/c1-25-16-20(24)21-18-7-9-19(10-8-18)23-13-11-22(12-14-23)15-17-5-3-2-4-6-17/h2-10H,11-16H2,1H3,(H,21,24). The lowest BCUT2D eigenvalue weighted by molar-refractivity contribution is -0.113. The van der Waals surface area contributed by atoms with Gasteiger partial charge in [-0.25, -0.2) is 0 Å². The molecule has 5 heteroatoms. The molecule has 4 nitrogen and oxygen atoms in total. The Kier molecular flexibility index (Phi) is 6.36. The van der Waals surface area contributed by atoms with Gasteiger partial charge in [0.25, 0.3) is 0 Å². The van der Waals surface area contributed by atoms with Crippen LogP contribution in [0.3, 0.4) is 0 Å². The van der Waals surface area contributed by atoms with Crippen LogP contribution in [-0.4, -0.2) is 49.0 Å². The monoisotopic (exact) mass is 355 g/mol. The molecular weight excluding hydrogens is 330 g/mol.